The Morgan fingerprint density at radius 3 is 2.36 bits per heavy atom. The van der Waals surface area contributed by atoms with Crippen LogP contribution in [0.25, 0.3) is 0 Å². The molecule has 2 aromatic carbocycles. The van der Waals surface area contributed by atoms with Gasteiger partial charge in [0.1, 0.15) is 0 Å². The minimum Gasteiger partial charge on any atom is -0.459 e. The van der Waals surface area contributed by atoms with Crippen molar-refractivity contribution in [3.05, 3.63) is 77.0 Å². The highest BCUT2D eigenvalue weighted by Crippen LogP contribution is 2.32. The topological polar surface area (TPSA) is 87.7 Å². The Balaban J connectivity index is 1.81. The van der Waals surface area contributed by atoms with E-state index in [-0.39, 0.29) is 24.5 Å². The van der Waals surface area contributed by atoms with Gasteiger partial charge in [0.25, 0.3) is 0 Å². The molecule has 3 amide bonds. The summed E-state index contributed by atoms with van der Waals surface area (Å²) in [5.74, 6) is -0.569. The van der Waals surface area contributed by atoms with Crippen LogP contribution >= 0.6 is 0 Å². The Morgan fingerprint density at radius 1 is 1.09 bits per heavy atom. The van der Waals surface area contributed by atoms with Crippen LogP contribution in [0.1, 0.15) is 51.3 Å². The molecule has 1 aliphatic heterocycles. The average molecular weight is 450 g/mol. The van der Waals surface area contributed by atoms with Crippen molar-refractivity contribution in [1.82, 2.24) is 10.2 Å². The number of benzene rings is 2. The molecule has 0 aliphatic carbocycles. The number of urea groups is 1. The Hall–Kier alpha value is -3.61. The second-order valence-electron chi connectivity index (χ2n) is 8.32. The molecule has 0 saturated heterocycles. The zero-order valence-corrected chi connectivity index (χ0v) is 19.6. The maximum absolute atomic E-state index is 12.9. The Labute approximate surface area is 194 Å². The zero-order valence-electron chi connectivity index (χ0n) is 19.6. The highest BCUT2D eigenvalue weighted by Gasteiger charge is 2.36. The number of hydrogen-bond acceptors (Lipinski definition) is 4. The summed E-state index contributed by atoms with van der Waals surface area (Å²) in [5.41, 5.74) is 3.31. The molecule has 0 spiro atoms. The molecule has 0 bridgehead atoms. The molecular formula is C26H31N3O4. The van der Waals surface area contributed by atoms with Gasteiger partial charge in [-0.3, -0.25) is 9.69 Å². The van der Waals surface area contributed by atoms with Gasteiger partial charge in [-0.1, -0.05) is 49.4 Å². The normalized spacial score (nSPS) is 16.0. The Bertz CT molecular complexity index is 1030. The maximum atomic E-state index is 12.9. The first-order valence-electron chi connectivity index (χ1n) is 11.2. The lowest BCUT2D eigenvalue weighted by Crippen LogP contribution is -2.48. The quantitative estimate of drug-likeness (QED) is 0.578. The summed E-state index contributed by atoms with van der Waals surface area (Å²) >= 11 is 0. The summed E-state index contributed by atoms with van der Waals surface area (Å²) in [7, 11) is 0. The van der Waals surface area contributed by atoms with Gasteiger partial charge in [-0.25, -0.2) is 9.59 Å². The SMILES string of the molecule is CCCN1C(=O)NC(c2ccc(NC(=O)Cc3ccccc3)cc2)C(C(=O)OC(C)C)=C1C. The van der Waals surface area contributed by atoms with Crippen molar-refractivity contribution in [1.29, 1.82) is 0 Å². The average Bonchev–Trinajstić information content (AvgIpc) is 2.77. The fourth-order valence-corrected chi connectivity index (χ4v) is 3.81. The van der Waals surface area contributed by atoms with Crippen LogP contribution in [0, 0.1) is 0 Å². The van der Waals surface area contributed by atoms with Gasteiger partial charge in [-0.15, -0.1) is 0 Å². The molecule has 174 valence electrons. The van der Waals surface area contributed by atoms with E-state index in [0.29, 0.717) is 23.5 Å². The molecule has 33 heavy (non-hydrogen) atoms. The van der Waals surface area contributed by atoms with Gasteiger partial charge < -0.3 is 15.4 Å². The summed E-state index contributed by atoms with van der Waals surface area (Å²) in [6.45, 7) is 7.84. The highest BCUT2D eigenvalue weighted by molar-refractivity contribution is 5.95. The first kappa shape index (κ1) is 24.0. The van der Waals surface area contributed by atoms with Crippen LogP contribution in [0.3, 0.4) is 0 Å². The van der Waals surface area contributed by atoms with E-state index in [1.165, 1.54) is 0 Å². The second kappa shape index (κ2) is 10.8. The molecule has 2 aromatic rings. The van der Waals surface area contributed by atoms with E-state index < -0.39 is 12.0 Å². The number of nitrogens with zero attached hydrogens (tertiary/aromatic N) is 1. The molecule has 0 fully saturated rings. The molecule has 7 nitrogen and oxygen atoms in total. The number of carbonyl (C=O) groups is 3. The van der Waals surface area contributed by atoms with Crippen LogP contribution in [0.5, 0.6) is 0 Å². The van der Waals surface area contributed by atoms with Gasteiger partial charge in [0.05, 0.1) is 24.1 Å². The molecule has 1 aliphatic rings. The third-order valence-electron chi connectivity index (χ3n) is 5.34. The van der Waals surface area contributed by atoms with Crippen molar-refractivity contribution < 1.29 is 19.1 Å². The lowest BCUT2D eigenvalue weighted by Gasteiger charge is -2.35. The molecule has 1 unspecified atom stereocenters. The molecule has 0 saturated carbocycles. The fraction of sp³-hybridized carbons (Fsp3) is 0.346. The molecule has 7 heteroatoms. The van der Waals surface area contributed by atoms with Crippen molar-refractivity contribution >= 4 is 23.6 Å². The molecule has 2 N–H and O–H groups in total. The first-order chi connectivity index (χ1) is 15.8. The lowest BCUT2D eigenvalue weighted by atomic mass is 9.94. The summed E-state index contributed by atoms with van der Waals surface area (Å²) in [4.78, 5) is 39.6. The number of rotatable bonds is 8. The van der Waals surface area contributed by atoms with Crippen LogP contribution in [0.4, 0.5) is 10.5 Å². The number of carbonyl (C=O) groups excluding carboxylic acids is 3. The number of nitrogens with one attached hydrogen (secondary N) is 2. The number of amides is 3. The summed E-state index contributed by atoms with van der Waals surface area (Å²) in [6, 6.07) is 15.8. The van der Waals surface area contributed by atoms with Crippen LogP contribution in [0.15, 0.2) is 65.9 Å². The molecule has 0 radical (unpaired) electrons. The molecule has 1 atom stereocenters. The van der Waals surface area contributed by atoms with E-state index in [1.807, 2.05) is 37.3 Å². The molecular weight excluding hydrogens is 418 g/mol. The lowest BCUT2D eigenvalue weighted by molar-refractivity contribution is -0.143. The molecule has 1 heterocycles. The standard InChI is InChI=1S/C26H31N3O4/c1-5-15-29-18(4)23(25(31)33-17(2)3)24(28-26(29)32)20-11-13-21(14-12-20)27-22(30)16-19-9-7-6-8-10-19/h6-14,17,24H,5,15-16H2,1-4H3,(H,27,30)(H,28,32). The zero-order chi connectivity index (χ0) is 24.0. The number of hydrogen-bond donors (Lipinski definition) is 2. The number of allylic oxidation sites excluding steroid dienone is 1. The van der Waals surface area contributed by atoms with Crippen LogP contribution in [0.2, 0.25) is 0 Å². The number of anilines is 1. The van der Waals surface area contributed by atoms with Crippen molar-refractivity contribution in [3.63, 3.8) is 0 Å². The monoisotopic (exact) mass is 449 g/mol. The van der Waals surface area contributed by atoms with Gasteiger partial charge >= 0.3 is 12.0 Å². The van der Waals surface area contributed by atoms with Gasteiger partial charge in [0, 0.05) is 17.9 Å². The van der Waals surface area contributed by atoms with E-state index in [0.717, 1.165) is 17.5 Å². The first-order valence-corrected chi connectivity index (χ1v) is 11.2. The van der Waals surface area contributed by atoms with E-state index >= 15 is 0 Å². The Morgan fingerprint density at radius 2 is 1.76 bits per heavy atom. The van der Waals surface area contributed by atoms with Crippen molar-refractivity contribution in [2.75, 3.05) is 11.9 Å². The van der Waals surface area contributed by atoms with Gasteiger partial charge in [-0.05, 0) is 50.5 Å². The maximum Gasteiger partial charge on any atom is 0.338 e. The van der Waals surface area contributed by atoms with Gasteiger partial charge in [0.15, 0.2) is 0 Å². The highest BCUT2D eigenvalue weighted by atomic mass is 16.5. The van der Waals surface area contributed by atoms with Crippen LogP contribution in [-0.4, -0.2) is 35.5 Å². The largest absolute Gasteiger partial charge is 0.459 e. The third kappa shape index (κ3) is 6.00. The van der Waals surface area contributed by atoms with Gasteiger partial charge in [0.2, 0.25) is 5.91 Å². The summed E-state index contributed by atoms with van der Waals surface area (Å²) < 4.78 is 5.47. The summed E-state index contributed by atoms with van der Waals surface area (Å²) in [6.07, 6.45) is 0.763. The minimum absolute atomic E-state index is 0.118. The Kier molecular flexibility index (Phi) is 7.87. The fourth-order valence-electron chi connectivity index (χ4n) is 3.81. The smallest absolute Gasteiger partial charge is 0.338 e. The van der Waals surface area contributed by atoms with Crippen molar-refractivity contribution in [2.45, 2.75) is 52.7 Å². The van der Waals surface area contributed by atoms with E-state index in [9.17, 15) is 14.4 Å². The number of esters is 1. The second-order valence-corrected chi connectivity index (χ2v) is 8.32. The van der Waals surface area contributed by atoms with E-state index in [1.54, 1.807) is 49.9 Å². The molecule has 3 rings (SSSR count). The van der Waals surface area contributed by atoms with E-state index in [4.69, 9.17) is 4.74 Å². The third-order valence-corrected chi connectivity index (χ3v) is 5.34. The predicted molar refractivity (Wildman–Crippen MR) is 127 cm³/mol. The van der Waals surface area contributed by atoms with Crippen LogP contribution < -0.4 is 10.6 Å². The van der Waals surface area contributed by atoms with Crippen molar-refractivity contribution in [2.24, 2.45) is 0 Å². The predicted octanol–water partition coefficient (Wildman–Crippen LogP) is 4.57. The summed E-state index contributed by atoms with van der Waals surface area (Å²) in [5, 5.41) is 5.82. The minimum atomic E-state index is -0.633. The number of ether oxygens (including phenoxy) is 1. The van der Waals surface area contributed by atoms with E-state index in [2.05, 4.69) is 10.6 Å². The van der Waals surface area contributed by atoms with Crippen LogP contribution in [-0.2, 0) is 20.7 Å². The van der Waals surface area contributed by atoms with Gasteiger partial charge in [-0.2, -0.15) is 0 Å². The molecule has 0 aromatic heterocycles. The van der Waals surface area contributed by atoms with Crippen molar-refractivity contribution in [3.8, 4) is 0 Å².